The number of hydrogen-bond acceptors (Lipinski definition) is 3. The molecule has 1 N–H and O–H groups in total. The predicted molar refractivity (Wildman–Crippen MR) is 97.3 cm³/mol. The van der Waals surface area contributed by atoms with Crippen LogP contribution >= 0.6 is 27.3 Å². The highest BCUT2D eigenvalue weighted by Crippen LogP contribution is 2.31. The number of thiophene rings is 1. The Morgan fingerprint density at radius 3 is 2.81 bits per heavy atom. The van der Waals surface area contributed by atoms with Crippen LogP contribution in [-0.2, 0) is 6.54 Å². The minimum absolute atomic E-state index is 0.385. The van der Waals surface area contributed by atoms with Gasteiger partial charge in [-0.2, -0.15) is 0 Å². The van der Waals surface area contributed by atoms with E-state index in [1.807, 2.05) is 11.3 Å². The summed E-state index contributed by atoms with van der Waals surface area (Å²) in [5.74, 6) is 0. The lowest BCUT2D eigenvalue weighted by molar-refractivity contribution is 0.669. The third kappa shape index (κ3) is 4.31. The molecule has 0 aliphatic heterocycles. The fourth-order valence-corrected chi connectivity index (χ4v) is 3.60. The number of benzene rings is 1. The number of nitrogens with zero attached hydrogens (tertiary/aromatic N) is 1. The highest BCUT2D eigenvalue weighted by molar-refractivity contribution is 9.10. The Balaban J connectivity index is 2.21. The van der Waals surface area contributed by atoms with Crippen molar-refractivity contribution in [3.63, 3.8) is 0 Å². The summed E-state index contributed by atoms with van der Waals surface area (Å²) < 4.78 is 1.14. The van der Waals surface area contributed by atoms with Gasteiger partial charge in [-0.25, -0.2) is 0 Å². The molecule has 0 aliphatic carbocycles. The Morgan fingerprint density at radius 2 is 2.14 bits per heavy atom. The van der Waals surface area contributed by atoms with Crippen LogP contribution in [-0.4, -0.2) is 13.6 Å². The molecule has 2 nitrogen and oxygen atoms in total. The van der Waals surface area contributed by atoms with Crippen LogP contribution in [0.2, 0.25) is 0 Å². The van der Waals surface area contributed by atoms with Crippen LogP contribution in [0.1, 0.15) is 36.8 Å². The van der Waals surface area contributed by atoms with Gasteiger partial charge in [0.25, 0.3) is 0 Å². The second-order valence-electron chi connectivity index (χ2n) is 5.25. The first-order valence-corrected chi connectivity index (χ1v) is 9.06. The maximum Gasteiger partial charge on any atom is 0.0603 e. The van der Waals surface area contributed by atoms with E-state index in [-0.39, 0.29) is 0 Å². The Kier molecular flexibility index (Phi) is 6.27. The van der Waals surface area contributed by atoms with Crippen LogP contribution in [0.15, 0.2) is 40.2 Å². The third-order valence-electron chi connectivity index (χ3n) is 3.70. The molecule has 1 aromatic heterocycles. The Bertz CT molecular complexity index is 554. The Hall–Kier alpha value is -0.840. The van der Waals surface area contributed by atoms with Crippen molar-refractivity contribution in [3.8, 4) is 0 Å². The largest absolute Gasteiger partial charge is 0.367 e. The molecule has 0 spiro atoms. The molecule has 21 heavy (non-hydrogen) atoms. The summed E-state index contributed by atoms with van der Waals surface area (Å²) in [6.45, 7) is 6.41. The smallest absolute Gasteiger partial charge is 0.0603 e. The zero-order valence-corrected chi connectivity index (χ0v) is 15.3. The highest BCUT2D eigenvalue weighted by Gasteiger charge is 2.16. The van der Waals surface area contributed by atoms with Crippen LogP contribution in [0.3, 0.4) is 0 Å². The maximum atomic E-state index is 3.59. The molecule has 4 heteroatoms. The zero-order chi connectivity index (χ0) is 15.2. The first-order valence-electron chi connectivity index (χ1n) is 7.38. The first-order chi connectivity index (χ1) is 10.1. The lowest BCUT2D eigenvalue weighted by Crippen LogP contribution is -2.24. The predicted octanol–water partition coefficient (Wildman–Crippen LogP) is 5.21. The van der Waals surface area contributed by atoms with Gasteiger partial charge in [-0.15, -0.1) is 11.3 Å². The van der Waals surface area contributed by atoms with Crippen LogP contribution in [0.5, 0.6) is 0 Å². The van der Waals surface area contributed by atoms with Gasteiger partial charge < -0.3 is 10.2 Å². The van der Waals surface area contributed by atoms with E-state index in [0.29, 0.717) is 6.04 Å². The van der Waals surface area contributed by atoms with E-state index < -0.39 is 0 Å². The summed E-state index contributed by atoms with van der Waals surface area (Å²) in [5.41, 5.74) is 2.63. The maximum absolute atomic E-state index is 3.59. The van der Waals surface area contributed by atoms with Gasteiger partial charge in [0, 0.05) is 28.6 Å². The van der Waals surface area contributed by atoms with Crippen LogP contribution < -0.4 is 10.2 Å². The van der Waals surface area contributed by atoms with Crippen molar-refractivity contribution >= 4 is 33.0 Å². The minimum Gasteiger partial charge on any atom is -0.367 e. The Labute approximate surface area is 140 Å². The molecule has 0 saturated carbocycles. The van der Waals surface area contributed by atoms with Crippen molar-refractivity contribution in [2.45, 2.75) is 32.9 Å². The molecular weight excluding hydrogens is 344 g/mol. The SMILES string of the molecule is CCCNCc1cc(Br)ccc1N(C)C(C)c1cccs1. The molecule has 0 bridgehead atoms. The molecule has 114 valence electrons. The molecule has 0 saturated heterocycles. The number of halogens is 1. The molecule has 0 radical (unpaired) electrons. The second-order valence-corrected chi connectivity index (χ2v) is 7.15. The van der Waals surface area contributed by atoms with Crippen LogP contribution in [0.4, 0.5) is 5.69 Å². The van der Waals surface area contributed by atoms with Crippen molar-refractivity contribution in [3.05, 3.63) is 50.6 Å². The van der Waals surface area contributed by atoms with Gasteiger partial charge in [-0.05, 0) is 55.1 Å². The molecule has 0 aliphatic rings. The molecule has 1 heterocycles. The van der Waals surface area contributed by atoms with Crippen molar-refractivity contribution < 1.29 is 0 Å². The van der Waals surface area contributed by atoms with Gasteiger partial charge >= 0.3 is 0 Å². The highest BCUT2D eigenvalue weighted by atomic mass is 79.9. The molecule has 0 fully saturated rings. The molecule has 1 atom stereocenters. The lowest BCUT2D eigenvalue weighted by Gasteiger charge is -2.28. The topological polar surface area (TPSA) is 15.3 Å². The molecular formula is C17H23BrN2S. The fourth-order valence-electron chi connectivity index (χ4n) is 2.37. The quantitative estimate of drug-likeness (QED) is 0.676. The van der Waals surface area contributed by atoms with Gasteiger partial charge in [0.1, 0.15) is 0 Å². The number of hydrogen-bond donors (Lipinski definition) is 1. The fraction of sp³-hybridized carbons (Fsp3) is 0.412. The summed E-state index contributed by atoms with van der Waals surface area (Å²) in [4.78, 5) is 3.76. The van der Waals surface area contributed by atoms with Crippen molar-refractivity contribution in [2.75, 3.05) is 18.5 Å². The molecule has 1 aromatic carbocycles. The van der Waals surface area contributed by atoms with Gasteiger partial charge in [0.15, 0.2) is 0 Å². The lowest BCUT2D eigenvalue weighted by atomic mass is 10.1. The second kappa shape index (κ2) is 7.97. The molecule has 0 amide bonds. The normalized spacial score (nSPS) is 12.4. The zero-order valence-electron chi connectivity index (χ0n) is 12.9. The first kappa shape index (κ1) is 16.5. The van der Waals surface area contributed by atoms with Gasteiger partial charge in [-0.3, -0.25) is 0 Å². The monoisotopic (exact) mass is 366 g/mol. The van der Waals surface area contributed by atoms with Gasteiger partial charge in [-0.1, -0.05) is 28.9 Å². The summed E-state index contributed by atoms with van der Waals surface area (Å²) in [6, 6.07) is 11.3. The van der Waals surface area contributed by atoms with Crippen LogP contribution in [0, 0.1) is 0 Å². The average molecular weight is 367 g/mol. The minimum atomic E-state index is 0.385. The van der Waals surface area contributed by atoms with Gasteiger partial charge in [0.05, 0.1) is 6.04 Å². The van der Waals surface area contributed by atoms with Crippen molar-refractivity contribution in [1.82, 2.24) is 5.32 Å². The molecule has 1 unspecified atom stereocenters. The number of rotatable bonds is 7. The van der Waals surface area contributed by atoms with E-state index in [9.17, 15) is 0 Å². The third-order valence-corrected chi connectivity index (χ3v) is 5.24. The van der Waals surface area contributed by atoms with E-state index in [0.717, 1.165) is 24.0 Å². The van der Waals surface area contributed by atoms with Crippen molar-refractivity contribution in [1.29, 1.82) is 0 Å². The van der Waals surface area contributed by atoms with E-state index in [1.54, 1.807) is 0 Å². The summed E-state index contributed by atoms with van der Waals surface area (Å²) in [5, 5.41) is 5.65. The average Bonchev–Trinajstić information content (AvgIpc) is 3.00. The van der Waals surface area contributed by atoms with Crippen LogP contribution in [0.25, 0.3) is 0 Å². The standard InChI is InChI=1S/C17H23BrN2S/c1-4-9-19-12-14-11-15(18)7-8-16(14)20(3)13(2)17-6-5-10-21-17/h5-8,10-11,13,19H,4,9,12H2,1-3H3. The summed E-state index contributed by atoms with van der Waals surface area (Å²) in [7, 11) is 2.18. The van der Waals surface area contributed by atoms with E-state index >= 15 is 0 Å². The van der Waals surface area contributed by atoms with E-state index in [1.165, 1.54) is 16.1 Å². The molecule has 2 rings (SSSR count). The van der Waals surface area contributed by atoms with E-state index in [2.05, 4.69) is 82.8 Å². The van der Waals surface area contributed by atoms with Crippen molar-refractivity contribution in [2.24, 2.45) is 0 Å². The Morgan fingerprint density at radius 1 is 1.33 bits per heavy atom. The summed E-state index contributed by atoms with van der Waals surface area (Å²) in [6.07, 6.45) is 1.16. The summed E-state index contributed by atoms with van der Waals surface area (Å²) >= 11 is 5.40. The van der Waals surface area contributed by atoms with Gasteiger partial charge in [0.2, 0.25) is 0 Å². The number of nitrogens with one attached hydrogen (secondary N) is 1. The number of anilines is 1. The van der Waals surface area contributed by atoms with E-state index in [4.69, 9.17) is 0 Å². The molecule has 2 aromatic rings.